The van der Waals surface area contributed by atoms with Crippen molar-refractivity contribution in [1.29, 1.82) is 0 Å². The third-order valence-corrected chi connectivity index (χ3v) is 5.42. The van der Waals surface area contributed by atoms with E-state index in [1.807, 2.05) is 0 Å². The molecule has 0 spiro atoms. The van der Waals surface area contributed by atoms with Crippen molar-refractivity contribution in [2.75, 3.05) is 13.1 Å². The van der Waals surface area contributed by atoms with Crippen molar-refractivity contribution in [3.63, 3.8) is 0 Å². The van der Waals surface area contributed by atoms with Crippen LogP contribution in [0.3, 0.4) is 0 Å². The first-order chi connectivity index (χ1) is 15.5. The van der Waals surface area contributed by atoms with Crippen LogP contribution in [0, 0.1) is 0 Å². The zero-order valence-electron chi connectivity index (χ0n) is 21.0. The molecule has 0 aliphatic rings. The maximum Gasteiger partial charge on any atom is 0.242 e. The molecule has 0 saturated carbocycles. The van der Waals surface area contributed by atoms with E-state index in [-0.39, 0.29) is 24.1 Å². The van der Waals surface area contributed by atoms with Gasteiger partial charge in [-0.05, 0) is 38.5 Å². The fourth-order valence-corrected chi connectivity index (χ4v) is 3.31. The number of hydrogen-bond acceptors (Lipinski definition) is 3. The summed E-state index contributed by atoms with van der Waals surface area (Å²) in [5.41, 5.74) is 0. The number of allylic oxidation sites excluding steroid dienone is 2. The first-order valence-corrected chi connectivity index (χ1v) is 13.0. The highest BCUT2D eigenvalue weighted by Gasteiger charge is 2.21. The summed E-state index contributed by atoms with van der Waals surface area (Å²) < 4.78 is 0. The van der Waals surface area contributed by atoms with Gasteiger partial charge in [0.1, 0.15) is 6.04 Å². The maximum atomic E-state index is 12.5. The van der Waals surface area contributed by atoms with Gasteiger partial charge in [0.25, 0.3) is 0 Å². The van der Waals surface area contributed by atoms with Crippen LogP contribution in [0.15, 0.2) is 12.2 Å². The molecule has 3 amide bonds. The van der Waals surface area contributed by atoms with Gasteiger partial charge in [0.2, 0.25) is 17.7 Å². The molecular weight excluding hydrogens is 402 g/mol. The first kappa shape index (κ1) is 30.1. The Bertz CT molecular complexity index is 520. The second-order valence-electron chi connectivity index (χ2n) is 8.57. The Balaban J connectivity index is 4.29. The second kappa shape index (κ2) is 22.3. The zero-order valence-corrected chi connectivity index (χ0v) is 21.0. The van der Waals surface area contributed by atoms with Crippen LogP contribution in [-0.4, -0.2) is 36.9 Å². The Morgan fingerprint density at radius 3 is 1.94 bits per heavy atom. The van der Waals surface area contributed by atoms with Gasteiger partial charge in [0.15, 0.2) is 0 Å². The Labute approximate surface area is 196 Å². The summed E-state index contributed by atoms with van der Waals surface area (Å²) in [6, 6.07) is -0.664. The number of hydrogen-bond donors (Lipinski definition) is 3. The molecule has 0 aromatic carbocycles. The SMILES string of the molecule is CCCCCCCC/C=C/CCC(=O)N[C@@H](CCC(=O)NCCCC)C(=O)NCCCC. The van der Waals surface area contributed by atoms with Crippen LogP contribution in [-0.2, 0) is 14.4 Å². The van der Waals surface area contributed by atoms with Gasteiger partial charge in [-0.3, -0.25) is 14.4 Å². The molecule has 0 aromatic heterocycles. The molecule has 1 atom stereocenters. The van der Waals surface area contributed by atoms with Crippen LogP contribution in [0.2, 0.25) is 0 Å². The van der Waals surface area contributed by atoms with Gasteiger partial charge in [-0.15, -0.1) is 0 Å². The Kier molecular flexibility index (Phi) is 21.1. The number of carbonyl (C=O) groups excluding carboxylic acids is 3. The summed E-state index contributed by atoms with van der Waals surface area (Å²) in [6.07, 6.45) is 18.4. The van der Waals surface area contributed by atoms with E-state index in [4.69, 9.17) is 0 Å². The summed E-state index contributed by atoms with van der Waals surface area (Å²) in [7, 11) is 0. The molecule has 6 nitrogen and oxygen atoms in total. The molecule has 0 aliphatic heterocycles. The fourth-order valence-electron chi connectivity index (χ4n) is 3.31. The molecular formula is C26H49N3O3. The van der Waals surface area contributed by atoms with Gasteiger partial charge in [-0.2, -0.15) is 0 Å². The standard InChI is InChI=1S/C26H49N3O3/c1-4-7-10-11-12-13-14-15-16-17-18-25(31)29-23(26(32)28-22-9-6-3)19-20-24(30)27-21-8-5-2/h15-16,23H,4-14,17-22H2,1-3H3,(H,27,30)(H,28,32)(H,29,31)/b16-15+/t23-/m0/s1. The number of nitrogens with one attached hydrogen (secondary N) is 3. The molecule has 0 heterocycles. The number of carbonyl (C=O) groups is 3. The van der Waals surface area contributed by atoms with E-state index in [0.717, 1.165) is 32.1 Å². The molecule has 186 valence electrons. The molecule has 0 fully saturated rings. The molecule has 32 heavy (non-hydrogen) atoms. The zero-order chi connectivity index (χ0) is 23.9. The van der Waals surface area contributed by atoms with Crippen molar-refractivity contribution in [1.82, 2.24) is 16.0 Å². The monoisotopic (exact) mass is 451 g/mol. The van der Waals surface area contributed by atoms with Gasteiger partial charge < -0.3 is 16.0 Å². The van der Waals surface area contributed by atoms with Crippen LogP contribution < -0.4 is 16.0 Å². The number of rotatable bonds is 21. The predicted octanol–water partition coefficient (Wildman–Crippen LogP) is 5.17. The number of unbranched alkanes of at least 4 members (excludes halogenated alkanes) is 8. The lowest BCUT2D eigenvalue weighted by Crippen LogP contribution is -2.47. The first-order valence-electron chi connectivity index (χ1n) is 13.0. The van der Waals surface area contributed by atoms with E-state index in [1.165, 1.54) is 38.5 Å². The molecule has 0 radical (unpaired) electrons. The van der Waals surface area contributed by atoms with E-state index < -0.39 is 6.04 Å². The van der Waals surface area contributed by atoms with Crippen molar-refractivity contribution in [2.24, 2.45) is 0 Å². The van der Waals surface area contributed by atoms with E-state index in [9.17, 15) is 14.4 Å². The van der Waals surface area contributed by atoms with Crippen LogP contribution in [0.25, 0.3) is 0 Å². The molecule has 0 aromatic rings. The minimum absolute atomic E-state index is 0.0725. The van der Waals surface area contributed by atoms with Gasteiger partial charge in [0.05, 0.1) is 0 Å². The smallest absolute Gasteiger partial charge is 0.242 e. The Hall–Kier alpha value is -1.85. The quantitative estimate of drug-likeness (QED) is 0.166. The van der Waals surface area contributed by atoms with Gasteiger partial charge in [-0.1, -0.05) is 77.9 Å². The Morgan fingerprint density at radius 1 is 0.656 bits per heavy atom. The lowest BCUT2D eigenvalue weighted by Gasteiger charge is -2.18. The third-order valence-electron chi connectivity index (χ3n) is 5.42. The van der Waals surface area contributed by atoms with Crippen LogP contribution >= 0.6 is 0 Å². The highest BCUT2D eigenvalue weighted by molar-refractivity contribution is 5.88. The molecule has 0 unspecified atom stereocenters. The third kappa shape index (κ3) is 18.9. The molecule has 0 saturated heterocycles. The molecule has 6 heteroatoms. The topological polar surface area (TPSA) is 87.3 Å². The highest BCUT2D eigenvalue weighted by atomic mass is 16.2. The average Bonchev–Trinajstić information content (AvgIpc) is 2.78. The van der Waals surface area contributed by atoms with Gasteiger partial charge in [0, 0.05) is 25.9 Å². The summed E-state index contributed by atoms with van der Waals surface area (Å²) >= 11 is 0. The summed E-state index contributed by atoms with van der Waals surface area (Å²) in [5, 5.41) is 8.57. The minimum Gasteiger partial charge on any atom is -0.356 e. The largest absolute Gasteiger partial charge is 0.356 e. The van der Waals surface area contributed by atoms with E-state index >= 15 is 0 Å². The predicted molar refractivity (Wildman–Crippen MR) is 133 cm³/mol. The molecule has 3 N–H and O–H groups in total. The van der Waals surface area contributed by atoms with Crippen molar-refractivity contribution in [3.8, 4) is 0 Å². The minimum atomic E-state index is -0.664. The Morgan fingerprint density at radius 2 is 1.25 bits per heavy atom. The molecule has 0 rings (SSSR count). The average molecular weight is 452 g/mol. The summed E-state index contributed by atoms with van der Waals surface area (Å²) in [4.78, 5) is 36.8. The van der Waals surface area contributed by atoms with Crippen molar-refractivity contribution < 1.29 is 14.4 Å². The van der Waals surface area contributed by atoms with E-state index in [2.05, 4.69) is 48.9 Å². The summed E-state index contributed by atoms with van der Waals surface area (Å²) in [5.74, 6) is -0.417. The van der Waals surface area contributed by atoms with Crippen molar-refractivity contribution >= 4 is 17.7 Å². The van der Waals surface area contributed by atoms with Crippen molar-refractivity contribution in [2.45, 2.75) is 123 Å². The summed E-state index contributed by atoms with van der Waals surface area (Å²) in [6.45, 7) is 7.60. The second-order valence-corrected chi connectivity index (χ2v) is 8.57. The maximum absolute atomic E-state index is 12.5. The molecule has 0 bridgehead atoms. The van der Waals surface area contributed by atoms with Gasteiger partial charge >= 0.3 is 0 Å². The van der Waals surface area contributed by atoms with Crippen LogP contribution in [0.5, 0.6) is 0 Å². The highest BCUT2D eigenvalue weighted by Crippen LogP contribution is 2.08. The lowest BCUT2D eigenvalue weighted by atomic mass is 10.1. The van der Waals surface area contributed by atoms with Crippen LogP contribution in [0.4, 0.5) is 0 Å². The van der Waals surface area contributed by atoms with E-state index in [1.54, 1.807) is 0 Å². The number of amides is 3. The van der Waals surface area contributed by atoms with Gasteiger partial charge in [-0.25, -0.2) is 0 Å². The molecule has 0 aliphatic carbocycles. The van der Waals surface area contributed by atoms with E-state index in [0.29, 0.717) is 32.4 Å². The normalized spacial score (nSPS) is 12.0. The van der Waals surface area contributed by atoms with Crippen molar-refractivity contribution in [3.05, 3.63) is 12.2 Å². The lowest BCUT2D eigenvalue weighted by molar-refractivity contribution is -0.129. The fraction of sp³-hybridized carbons (Fsp3) is 0.808. The van der Waals surface area contributed by atoms with Crippen LogP contribution in [0.1, 0.15) is 117 Å².